The van der Waals surface area contributed by atoms with Gasteiger partial charge in [0, 0.05) is 24.7 Å². The molecule has 4 unspecified atom stereocenters. The van der Waals surface area contributed by atoms with E-state index in [1.807, 2.05) is 6.08 Å². The van der Waals surface area contributed by atoms with Crippen molar-refractivity contribution in [3.8, 4) is 0 Å². The lowest BCUT2D eigenvalue weighted by atomic mass is 9.56. The van der Waals surface area contributed by atoms with E-state index in [9.17, 15) is 9.59 Å². The molecule has 0 aromatic carbocycles. The molecule has 0 aromatic rings. The first-order valence-electron chi connectivity index (χ1n) is 8.04. The van der Waals surface area contributed by atoms with Gasteiger partial charge in [-0.3, -0.25) is 9.59 Å². The molecule has 22 heavy (non-hydrogen) atoms. The fourth-order valence-electron chi connectivity index (χ4n) is 5.10. The molecule has 1 spiro atoms. The molecule has 1 aliphatic heterocycles. The molecular weight excluding hydrogens is 348 g/mol. The second kappa shape index (κ2) is 4.19. The molecule has 4 nitrogen and oxygen atoms in total. The van der Waals surface area contributed by atoms with Crippen LogP contribution in [0, 0.1) is 17.8 Å². The molecule has 1 heterocycles. The van der Waals surface area contributed by atoms with Gasteiger partial charge in [0.25, 0.3) is 0 Å². The van der Waals surface area contributed by atoms with E-state index in [1.54, 1.807) is 0 Å². The fourth-order valence-corrected chi connectivity index (χ4v) is 6.12. The summed E-state index contributed by atoms with van der Waals surface area (Å²) >= 11 is 3.78. The Kier molecular flexibility index (Phi) is 2.60. The van der Waals surface area contributed by atoms with Gasteiger partial charge in [-0.05, 0) is 25.0 Å². The zero-order chi connectivity index (χ0) is 15.1. The summed E-state index contributed by atoms with van der Waals surface area (Å²) in [4.78, 5) is 24.9. The molecule has 2 saturated carbocycles. The second-order valence-corrected chi connectivity index (χ2v) is 8.52. The standard InChI is InChI=1S/C17H17BrO4/c18-17-8-5-9(12-10(19)3-4-11(20)13(12)17)14-15(17)22-16(21-14)6-1-2-7-16/h3-5,8-9,12-15H,1-2,6-7H2/t9-,12?,13?,14?,15?,17+/m0/s1. The summed E-state index contributed by atoms with van der Waals surface area (Å²) in [6.45, 7) is 0. The van der Waals surface area contributed by atoms with E-state index in [1.165, 1.54) is 12.2 Å². The van der Waals surface area contributed by atoms with Crippen LogP contribution in [0.1, 0.15) is 25.7 Å². The molecule has 0 N–H and O–H groups in total. The first kappa shape index (κ1) is 13.6. The van der Waals surface area contributed by atoms with Gasteiger partial charge in [0.05, 0.1) is 16.3 Å². The van der Waals surface area contributed by atoms with Crippen LogP contribution in [0.25, 0.3) is 0 Å². The Morgan fingerprint density at radius 2 is 1.82 bits per heavy atom. The molecule has 6 rings (SSSR count). The molecule has 6 aliphatic rings. The summed E-state index contributed by atoms with van der Waals surface area (Å²) < 4.78 is 12.1. The highest BCUT2D eigenvalue weighted by Gasteiger charge is 2.69. The van der Waals surface area contributed by atoms with E-state index in [4.69, 9.17) is 9.47 Å². The van der Waals surface area contributed by atoms with Crippen molar-refractivity contribution in [3.63, 3.8) is 0 Å². The zero-order valence-corrected chi connectivity index (χ0v) is 13.6. The summed E-state index contributed by atoms with van der Waals surface area (Å²) in [6, 6.07) is 0. The van der Waals surface area contributed by atoms with Crippen molar-refractivity contribution in [2.45, 2.75) is 48.0 Å². The maximum absolute atomic E-state index is 12.5. The number of carbonyl (C=O) groups is 2. The lowest BCUT2D eigenvalue weighted by Crippen LogP contribution is -2.65. The Bertz CT molecular complexity index is 633. The number of carbonyl (C=O) groups excluding carboxylic acids is 2. The molecule has 0 radical (unpaired) electrons. The lowest BCUT2D eigenvalue weighted by molar-refractivity contribution is -0.171. The SMILES string of the molecule is O=C1C=CC(=O)C2C1[C@@H]1C=C[C@]2(Br)C2OC3(CCCC3)OC21. The average Bonchev–Trinajstić information content (AvgIpc) is 3.11. The second-order valence-electron chi connectivity index (χ2n) is 7.14. The van der Waals surface area contributed by atoms with E-state index >= 15 is 0 Å². The van der Waals surface area contributed by atoms with E-state index in [0.29, 0.717) is 0 Å². The van der Waals surface area contributed by atoms with Crippen LogP contribution in [0.15, 0.2) is 24.3 Å². The number of hydrogen-bond acceptors (Lipinski definition) is 4. The Morgan fingerprint density at radius 1 is 1.09 bits per heavy atom. The summed E-state index contributed by atoms with van der Waals surface area (Å²) in [5, 5.41) is 0. The van der Waals surface area contributed by atoms with Gasteiger partial charge in [-0.25, -0.2) is 0 Å². The first-order valence-corrected chi connectivity index (χ1v) is 8.83. The summed E-state index contributed by atoms with van der Waals surface area (Å²) in [7, 11) is 0. The third-order valence-corrected chi connectivity index (χ3v) is 7.25. The number of allylic oxidation sites excluding steroid dienone is 2. The number of ether oxygens (including phenoxy) is 2. The normalized spacial score (nSPS) is 50.7. The number of halogens is 1. The predicted molar refractivity (Wildman–Crippen MR) is 81.4 cm³/mol. The highest BCUT2D eigenvalue weighted by atomic mass is 79.9. The molecule has 5 heteroatoms. The van der Waals surface area contributed by atoms with E-state index < -0.39 is 10.1 Å². The molecule has 1 saturated heterocycles. The minimum atomic E-state index is -0.624. The van der Waals surface area contributed by atoms with Crippen molar-refractivity contribution in [1.29, 1.82) is 0 Å². The third-order valence-electron chi connectivity index (χ3n) is 6.04. The van der Waals surface area contributed by atoms with Gasteiger partial charge in [-0.1, -0.05) is 28.1 Å². The lowest BCUT2D eigenvalue weighted by Gasteiger charge is -2.53. The quantitative estimate of drug-likeness (QED) is 0.488. The molecular formula is C17H17BrO4. The van der Waals surface area contributed by atoms with Crippen LogP contribution in [-0.4, -0.2) is 33.9 Å². The number of rotatable bonds is 0. The first-order chi connectivity index (χ1) is 10.5. The highest BCUT2D eigenvalue weighted by Crippen LogP contribution is 2.60. The molecule has 5 aliphatic carbocycles. The number of alkyl halides is 1. The molecule has 6 atom stereocenters. The molecule has 3 fully saturated rings. The molecule has 116 valence electrons. The van der Waals surface area contributed by atoms with E-state index in [2.05, 4.69) is 22.0 Å². The van der Waals surface area contributed by atoms with Gasteiger partial charge in [0.2, 0.25) is 0 Å². The van der Waals surface area contributed by atoms with Crippen LogP contribution in [0.2, 0.25) is 0 Å². The zero-order valence-electron chi connectivity index (χ0n) is 12.0. The van der Waals surface area contributed by atoms with Gasteiger partial charge in [0.15, 0.2) is 17.4 Å². The largest absolute Gasteiger partial charge is 0.343 e. The summed E-state index contributed by atoms with van der Waals surface area (Å²) in [5.41, 5.74) is 0. The monoisotopic (exact) mass is 364 g/mol. The minimum absolute atomic E-state index is 0.0187. The van der Waals surface area contributed by atoms with Crippen molar-refractivity contribution < 1.29 is 19.1 Å². The van der Waals surface area contributed by atoms with Crippen molar-refractivity contribution in [2.24, 2.45) is 17.8 Å². The predicted octanol–water partition coefficient (Wildman–Crippen LogP) is 2.31. The number of hydrogen-bond donors (Lipinski definition) is 0. The summed E-state index contributed by atoms with van der Waals surface area (Å²) in [5.74, 6) is -1.19. The van der Waals surface area contributed by atoms with E-state index in [0.717, 1.165) is 25.7 Å². The fraction of sp³-hybridized carbons (Fsp3) is 0.647. The van der Waals surface area contributed by atoms with Crippen LogP contribution >= 0.6 is 15.9 Å². The van der Waals surface area contributed by atoms with Gasteiger partial charge >= 0.3 is 0 Å². The van der Waals surface area contributed by atoms with Crippen molar-refractivity contribution in [2.75, 3.05) is 0 Å². The van der Waals surface area contributed by atoms with Gasteiger partial charge in [-0.2, -0.15) is 0 Å². The number of ketones is 2. The van der Waals surface area contributed by atoms with Crippen LogP contribution in [-0.2, 0) is 19.1 Å². The minimum Gasteiger partial charge on any atom is -0.343 e. The Labute approximate surface area is 137 Å². The third kappa shape index (κ3) is 1.50. The average molecular weight is 365 g/mol. The Hall–Kier alpha value is -0.780. The maximum atomic E-state index is 12.5. The smallest absolute Gasteiger partial charge is 0.169 e. The highest BCUT2D eigenvalue weighted by molar-refractivity contribution is 9.10. The van der Waals surface area contributed by atoms with Gasteiger partial charge < -0.3 is 9.47 Å². The van der Waals surface area contributed by atoms with Crippen LogP contribution < -0.4 is 0 Å². The van der Waals surface area contributed by atoms with Crippen LogP contribution in [0.4, 0.5) is 0 Å². The Balaban J connectivity index is 1.62. The van der Waals surface area contributed by atoms with Crippen LogP contribution in [0.3, 0.4) is 0 Å². The van der Waals surface area contributed by atoms with Crippen molar-refractivity contribution >= 4 is 27.5 Å². The van der Waals surface area contributed by atoms with Gasteiger partial charge in [0.1, 0.15) is 6.10 Å². The van der Waals surface area contributed by atoms with Crippen molar-refractivity contribution in [3.05, 3.63) is 24.3 Å². The van der Waals surface area contributed by atoms with E-state index in [-0.39, 0.29) is 41.5 Å². The molecule has 0 amide bonds. The molecule has 0 aromatic heterocycles. The van der Waals surface area contributed by atoms with Crippen LogP contribution in [0.5, 0.6) is 0 Å². The Morgan fingerprint density at radius 3 is 2.59 bits per heavy atom. The summed E-state index contributed by atoms with van der Waals surface area (Å²) in [6.07, 6.45) is 10.7. The maximum Gasteiger partial charge on any atom is 0.169 e. The topological polar surface area (TPSA) is 52.6 Å². The van der Waals surface area contributed by atoms with Gasteiger partial charge in [-0.15, -0.1) is 0 Å². The van der Waals surface area contributed by atoms with Crippen molar-refractivity contribution in [1.82, 2.24) is 0 Å². The molecule has 2 bridgehead atoms.